The third-order valence-corrected chi connectivity index (χ3v) is 1.52. The molecule has 6 heteroatoms. The summed E-state index contributed by atoms with van der Waals surface area (Å²) in [6.45, 7) is -0.635. The molecule has 0 saturated carbocycles. The predicted molar refractivity (Wildman–Crippen MR) is 39.1 cm³/mol. The van der Waals surface area contributed by atoms with Gasteiger partial charge in [0.15, 0.2) is 6.29 Å². The molecular weight excluding hydrogens is 166 g/mol. The quantitative estimate of drug-likeness (QED) is 0.280. The summed E-state index contributed by atoms with van der Waals surface area (Å²) in [6.07, 6.45) is -4.45. The number of nitrogens with two attached hydrogens (primary N) is 1. The Kier molecular flexibility index (Phi) is 4.95. The maximum atomic E-state index is 9.95. The Hall–Kier alpha value is -0.530. The summed E-state index contributed by atoms with van der Waals surface area (Å²) in [5.41, 5.74) is 5.17. The molecule has 0 aromatic carbocycles. The van der Waals surface area contributed by atoms with E-state index in [1.54, 1.807) is 0 Å². The summed E-state index contributed by atoms with van der Waals surface area (Å²) in [6, 6.07) is -1.24. The first-order valence-corrected chi connectivity index (χ1v) is 3.40. The maximum Gasteiger partial charge on any atom is 0.151 e. The van der Waals surface area contributed by atoms with E-state index in [1.165, 1.54) is 0 Å². The Bertz CT molecular complexity index is 142. The number of aliphatic hydroxyl groups excluding tert-OH is 4. The van der Waals surface area contributed by atoms with Crippen molar-refractivity contribution in [2.24, 2.45) is 5.73 Å². The Morgan fingerprint density at radius 2 is 1.83 bits per heavy atom. The standard InChI is InChI=1S/C6H13NO5/c7-5(3(10)1-8)6(12)4(11)2-9/h2-6,8,10-12H,1,7H2/t3-,4+,5+,6+/m1/s1. The minimum absolute atomic E-state index is 0.106. The van der Waals surface area contributed by atoms with Crippen molar-refractivity contribution in [3.05, 3.63) is 0 Å². The van der Waals surface area contributed by atoms with E-state index in [-0.39, 0.29) is 6.29 Å². The second kappa shape index (κ2) is 5.18. The van der Waals surface area contributed by atoms with Crippen molar-refractivity contribution in [2.75, 3.05) is 6.61 Å². The van der Waals surface area contributed by atoms with Crippen molar-refractivity contribution in [3.8, 4) is 0 Å². The zero-order valence-electron chi connectivity index (χ0n) is 6.37. The van der Waals surface area contributed by atoms with Gasteiger partial charge in [0.25, 0.3) is 0 Å². The van der Waals surface area contributed by atoms with E-state index in [4.69, 9.17) is 26.2 Å². The Morgan fingerprint density at radius 3 is 2.17 bits per heavy atom. The fraction of sp³-hybridized carbons (Fsp3) is 0.833. The van der Waals surface area contributed by atoms with Crippen molar-refractivity contribution >= 4 is 6.29 Å². The van der Waals surface area contributed by atoms with Gasteiger partial charge in [-0.25, -0.2) is 0 Å². The van der Waals surface area contributed by atoms with Gasteiger partial charge in [-0.2, -0.15) is 0 Å². The minimum Gasteiger partial charge on any atom is -0.394 e. The van der Waals surface area contributed by atoms with Crippen LogP contribution in [0.4, 0.5) is 0 Å². The molecule has 0 spiro atoms. The summed E-state index contributed by atoms with van der Waals surface area (Å²) in [7, 11) is 0. The number of aliphatic hydroxyl groups is 4. The largest absolute Gasteiger partial charge is 0.394 e. The van der Waals surface area contributed by atoms with E-state index in [1.807, 2.05) is 0 Å². The molecule has 0 rings (SSSR count). The minimum atomic E-state index is -1.64. The number of aldehydes is 1. The molecule has 0 radical (unpaired) electrons. The van der Waals surface area contributed by atoms with Crippen molar-refractivity contribution in [1.29, 1.82) is 0 Å². The molecular formula is C6H13NO5. The molecule has 0 fully saturated rings. The summed E-state index contributed by atoms with van der Waals surface area (Å²) < 4.78 is 0. The van der Waals surface area contributed by atoms with Crippen LogP contribution in [0.3, 0.4) is 0 Å². The SMILES string of the molecule is N[C@H]([C@@H](O)[C@@H](O)C=O)[C@H](O)CO. The molecule has 0 aliphatic rings. The first-order chi connectivity index (χ1) is 5.54. The number of hydrogen-bond donors (Lipinski definition) is 5. The van der Waals surface area contributed by atoms with Crippen LogP contribution in [0.5, 0.6) is 0 Å². The number of hydrogen-bond acceptors (Lipinski definition) is 6. The van der Waals surface area contributed by atoms with Crippen LogP contribution in [0.2, 0.25) is 0 Å². The molecule has 6 nitrogen and oxygen atoms in total. The predicted octanol–water partition coefficient (Wildman–Crippen LogP) is -3.41. The van der Waals surface area contributed by atoms with Crippen LogP contribution in [0, 0.1) is 0 Å². The third-order valence-electron chi connectivity index (χ3n) is 1.52. The zero-order chi connectivity index (χ0) is 9.72. The first kappa shape index (κ1) is 11.5. The summed E-state index contributed by atoms with van der Waals surface area (Å²) in [5, 5.41) is 35.0. The van der Waals surface area contributed by atoms with Gasteiger partial charge in [-0.15, -0.1) is 0 Å². The lowest BCUT2D eigenvalue weighted by atomic mass is 10.0. The van der Waals surface area contributed by atoms with E-state index in [9.17, 15) is 4.79 Å². The topological polar surface area (TPSA) is 124 Å². The van der Waals surface area contributed by atoms with Crippen LogP contribution in [-0.4, -0.2) is 57.7 Å². The fourth-order valence-corrected chi connectivity index (χ4v) is 0.658. The second-order valence-electron chi connectivity index (χ2n) is 2.44. The Balaban J connectivity index is 4.07. The number of rotatable bonds is 5. The highest BCUT2D eigenvalue weighted by Crippen LogP contribution is 2.00. The van der Waals surface area contributed by atoms with E-state index in [0.29, 0.717) is 0 Å². The average molecular weight is 179 g/mol. The van der Waals surface area contributed by atoms with Crippen molar-refractivity contribution < 1.29 is 25.2 Å². The molecule has 0 aromatic rings. The Morgan fingerprint density at radius 1 is 1.33 bits per heavy atom. The van der Waals surface area contributed by atoms with Crippen molar-refractivity contribution in [2.45, 2.75) is 24.4 Å². The zero-order valence-corrected chi connectivity index (χ0v) is 6.37. The second-order valence-corrected chi connectivity index (χ2v) is 2.44. The number of carbonyl (C=O) groups excluding carboxylic acids is 1. The molecule has 72 valence electrons. The van der Waals surface area contributed by atoms with Gasteiger partial charge in [0.2, 0.25) is 0 Å². The molecule has 6 N–H and O–H groups in total. The number of carbonyl (C=O) groups is 1. The van der Waals surface area contributed by atoms with Crippen molar-refractivity contribution in [3.63, 3.8) is 0 Å². The lowest BCUT2D eigenvalue weighted by Gasteiger charge is -2.23. The third kappa shape index (κ3) is 2.84. The highest BCUT2D eigenvalue weighted by Gasteiger charge is 2.27. The average Bonchev–Trinajstić information content (AvgIpc) is 2.12. The van der Waals surface area contributed by atoms with Gasteiger partial charge >= 0.3 is 0 Å². The van der Waals surface area contributed by atoms with Crippen LogP contribution in [0.1, 0.15) is 0 Å². The van der Waals surface area contributed by atoms with E-state index < -0.39 is 31.0 Å². The first-order valence-electron chi connectivity index (χ1n) is 3.40. The van der Waals surface area contributed by atoms with E-state index in [0.717, 1.165) is 0 Å². The normalized spacial score (nSPS) is 21.1. The summed E-state index contributed by atoms with van der Waals surface area (Å²) >= 11 is 0. The lowest BCUT2D eigenvalue weighted by molar-refractivity contribution is -0.122. The molecule has 0 aromatic heterocycles. The summed E-state index contributed by atoms with van der Waals surface area (Å²) in [4.78, 5) is 9.95. The highest BCUT2D eigenvalue weighted by atomic mass is 16.3. The fourth-order valence-electron chi connectivity index (χ4n) is 0.658. The van der Waals surface area contributed by atoms with E-state index >= 15 is 0 Å². The van der Waals surface area contributed by atoms with Crippen LogP contribution in [-0.2, 0) is 4.79 Å². The van der Waals surface area contributed by atoms with Crippen LogP contribution >= 0.6 is 0 Å². The highest BCUT2D eigenvalue weighted by molar-refractivity contribution is 5.56. The monoisotopic (exact) mass is 179 g/mol. The smallest absolute Gasteiger partial charge is 0.151 e. The van der Waals surface area contributed by atoms with Gasteiger partial charge in [-0.1, -0.05) is 0 Å². The van der Waals surface area contributed by atoms with Crippen LogP contribution in [0.15, 0.2) is 0 Å². The lowest BCUT2D eigenvalue weighted by Crippen LogP contribution is -2.51. The van der Waals surface area contributed by atoms with Gasteiger partial charge in [0.05, 0.1) is 18.8 Å². The molecule has 4 atom stereocenters. The van der Waals surface area contributed by atoms with Crippen molar-refractivity contribution in [1.82, 2.24) is 0 Å². The molecule has 0 unspecified atom stereocenters. The Labute approximate surface area is 69.2 Å². The molecule has 0 aliphatic heterocycles. The van der Waals surface area contributed by atoms with E-state index in [2.05, 4.69) is 0 Å². The van der Waals surface area contributed by atoms with Gasteiger partial charge in [0, 0.05) is 0 Å². The molecule has 0 bridgehead atoms. The van der Waals surface area contributed by atoms with Gasteiger partial charge < -0.3 is 31.0 Å². The molecule has 12 heavy (non-hydrogen) atoms. The molecule has 0 amide bonds. The van der Waals surface area contributed by atoms with Gasteiger partial charge in [-0.05, 0) is 0 Å². The molecule has 0 aliphatic carbocycles. The van der Waals surface area contributed by atoms with Crippen LogP contribution < -0.4 is 5.73 Å². The van der Waals surface area contributed by atoms with Gasteiger partial charge in [-0.3, -0.25) is 0 Å². The van der Waals surface area contributed by atoms with Gasteiger partial charge in [0.1, 0.15) is 12.2 Å². The summed E-state index contributed by atoms with van der Waals surface area (Å²) in [5.74, 6) is 0. The maximum absolute atomic E-state index is 9.95. The molecule has 0 heterocycles. The molecule has 0 saturated heterocycles. The van der Waals surface area contributed by atoms with Crippen LogP contribution in [0.25, 0.3) is 0 Å².